The van der Waals surface area contributed by atoms with Crippen LogP contribution in [0.2, 0.25) is 0 Å². The van der Waals surface area contributed by atoms with Gasteiger partial charge in [0, 0.05) is 0 Å². The largest absolute Gasteiger partial charge is 0.393 e. The molecule has 0 saturated carbocycles. The van der Waals surface area contributed by atoms with E-state index in [-0.39, 0.29) is 17.1 Å². The molecule has 1 saturated heterocycles. The highest BCUT2D eigenvalue weighted by Gasteiger charge is 2.64. The molecular weight excluding hydrogens is 328 g/mol. The average molecular weight is 343 g/mol. The third-order valence-corrected chi connectivity index (χ3v) is 4.07. The number of aliphatic hydroxyl groups is 2. The van der Waals surface area contributed by atoms with Crippen molar-refractivity contribution in [3.8, 4) is 0 Å². The van der Waals surface area contributed by atoms with Crippen molar-refractivity contribution in [1.29, 1.82) is 0 Å². The molecule has 130 valence electrons. The van der Waals surface area contributed by atoms with Crippen LogP contribution in [0.15, 0.2) is 23.8 Å². The van der Waals surface area contributed by atoms with Crippen molar-refractivity contribution < 1.29 is 23.7 Å². The Kier molecular flexibility index (Phi) is 3.66. The number of halogens is 2. The fourth-order valence-electron chi connectivity index (χ4n) is 2.70. The predicted octanol–water partition coefficient (Wildman–Crippen LogP) is -0.986. The zero-order valence-electron chi connectivity index (χ0n) is 12.3. The number of aromatic nitrogens is 4. The molecule has 9 nitrogen and oxygen atoms in total. The van der Waals surface area contributed by atoms with Gasteiger partial charge in [-0.05, 0) is 0 Å². The molecule has 0 bridgehead atoms. The molecule has 0 spiro atoms. The third-order valence-electron chi connectivity index (χ3n) is 4.07. The number of nitrogens with two attached hydrogens (primary N) is 1. The summed E-state index contributed by atoms with van der Waals surface area (Å²) in [5.41, 5.74) is 2.80. The molecule has 0 amide bonds. The molecule has 0 radical (unpaired) electrons. The third kappa shape index (κ3) is 2.20. The van der Waals surface area contributed by atoms with Gasteiger partial charge < -0.3 is 25.3 Å². The molecular formula is C13H15F2N5O4. The summed E-state index contributed by atoms with van der Waals surface area (Å²) in [6.45, 7) is 2.01. The van der Waals surface area contributed by atoms with Crippen LogP contribution in [0.4, 0.5) is 14.7 Å². The summed E-state index contributed by atoms with van der Waals surface area (Å²) in [7, 11) is 0. The van der Waals surface area contributed by atoms with Crippen LogP contribution in [0.25, 0.3) is 11.2 Å². The second-order valence-electron chi connectivity index (χ2n) is 5.52. The quantitative estimate of drug-likeness (QED) is 0.523. The lowest BCUT2D eigenvalue weighted by molar-refractivity contribution is -0.115. The van der Waals surface area contributed by atoms with Crippen molar-refractivity contribution in [3.63, 3.8) is 0 Å². The lowest BCUT2D eigenvalue weighted by atomic mass is 9.94. The van der Waals surface area contributed by atoms with E-state index in [1.165, 1.54) is 4.57 Å². The van der Waals surface area contributed by atoms with Crippen LogP contribution < -0.4 is 11.3 Å². The molecule has 0 aromatic carbocycles. The minimum absolute atomic E-state index is 0.00485. The Morgan fingerprint density at radius 3 is 2.88 bits per heavy atom. The molecule has 3 heterocycles. The van der Waals surface area contributed by atoms with E-state index in [1.807, 2.05) is 0 Å². The first-order valence-electron chi connectivity index (χ1n) is 6.94. The van der Waals surface area contributed by atoms with Crippen molar-refractivity contribution in [2.45, 2.75) is 30.3 Å². The number of ether oxygens (including phenoxy) is 1. The van der Waals surface area contributed by atoms with Crippen LogP contribution >= 0.6 is 0 Å². The van der Waals surface area contributed by atoms with Crippen molar-refractivity contribution in [2.24, 2.45) is 0 Å². The molecule has 5 N–H and O–H groups in total. The van der Waals surface area contributed by atoms with E-state index in [0.717, 1.165) is 12.4 Å². The number of nitrogen functional groups attached to an aromatic ring is 1. The molecule has 11 heteroatoms. The van der Waals surface area contributed by atoms with Gasteiger partial charge in [-0.2, -0.15) is 4.98 Å². The van der Waals surface area contributed by atoms with Gasteiger partial charge in [0.05, 0.1) is 19.5 Å². The molecule has 2 aromatic heterocycles. The Morgan fingerprint density at radius 2 is 2.29 bits per heavy atom. The van der Waals surface area contributed by atoms with Crippen molar-refractivity contribution in [1.82, 2.24) is 19.5 Å². The van der Waals surface area contributed by atoms with Gasteiger partial charge in [0.15, 0.2) is 17.3 Å². The van der Waals surface area contributed by atoms with Gasteiger partial charge in [0.25, 0.3) is 5.56 Å². The van der Waals surface area contributed by atoms with Gasteiger partial charge in [0.2, 0.25) is 5.95 Å². The van der Waals surface area contributed by atoms with E-state index in [4.69, 9.17) is 10.5 Å². The van der Waals surface area contributed by atoms with E-state index >= 15 is 0 Å². The second-order valence-corrected chi connectivity index (χ2v) is 5.52. The Bertz CT molecular complexity index is 850. The molecule has 2 aromatic rings. The van der Waals surface area contributed by atoms with Crippen molar-refractivity contribution >= 4 is 17.1 Å². The first-order valence-corrected chi connectivity index (χ1v) is 6.94. The number of aliphatic hydroxyl groups excluding tert-OH is 2. The summed E-state index contributed by atoms with van der Waals surface area (Å²) >= 11 is 0. The Balaban J connectivity index is 2.00. The number of aromatic amines is 1. The monoisotopic (exact) mass is 343 g/mol. The van der Waals surface area contributed by atoms with Gasteiger partial charge in [-0.15, -0.1) is 6.58 Å². The van der Waals surface area contributed by atoms with Crippen LogP contribution in [0, 0.1) is 0 Å². The zero-order valence-corrected chi connectivity index (χ0v) is 12.3. The normalized spacial score (nSPS) is 29.2. The molecule has 1 aliphatic rings. The topological polar surface area (TPSA) is 139 Å². The number of nitrogens with zero attached hydrogens (tertiary/aromatic N) is 3. The first kappa shape index (κ1) is 16.5. The Labute approximate surface area is 133 Å². The van der Waals surface area contributed by atoms with Gasteiger partial charge in [-0.25, -0.2) is 13.8 Å². The van der Waals surface area contributed by atoms with E-state index in [0.29, 0.717) is 0 Å². The number of fused-ring (bicyclic) bond motifs is 1. The summed E-state index contributed by atoms with van der Waals surface area (Å²) in [6.07, 6.45) is -1.98. The summed E-state index contributed by atoms with van der Waals surface area (Å²) in [6, 6.07) is 0. The first-order chi connectivity index (χ1) is 11.2. The number of imidazole rings is 1. The number of H-pyrrole nitrogens is 1. The highest BCUT2D eigenvalue weighted by Crippen LogP contribution is 2.43. The van der Waals surface area contributed by atoms with Crippen LogP contribution in [0.1, 0.15) is 0 Å². The summed E-state index contributed by atoms with van der Waals surface area (Å²) < 4.78 is 35.0. The number of nitrogens with one attached hydrogen (secondary N) is 1. The van der Waals surface area contributed by atoms with Crippen LogP contribution in [-0.4, -0.2) is 60.1 Å². The number of anilines is 1. The number of rotatable bonds is 4. The maximum Gasteiger partial charge on any atom is 0.303 e. The highest BCUT2D eigenvalue weighted by atomic mass is 19.3. The zero-order chi connectivity index (χ0) is 17.7. The van der Waals surface area contributed by atoms with Crippen LogP contribution in [-0.2, 0) is 11.3 Å². The molecule has 0 aliphatic carbocycles. The molecule has 3 rings (SSSR count). The Hall–Kier alpha value is -2.37. The number of alkyl halides is 2. The minimum Gasteiger partial charge on any atom is -0.393 e. The van der Waals surface area contributed by atoms with E-state index in [9.17, 15) is 23.8 Å². The fourth-order valence-corrected chi connectivity index (χ4v) is 2.70. The molecule has 1 fully saturated rings. The van der Waals surface area contributed by atoms with Gasteiger partial charge in [0.1, 0.15) is 11.7 Å². The van der Waals surface area contributed by atoms with Crippen molar-refractivity contribution in [2.75, 3.05) is 12.3 Å². The SMILES string of the molecule is C=C[C@]1(CO)O[C@@H](Cn2cnc3c(=O)[nH]c(N)nc32)C(F)(F)[C@@H]1O. The van der Waals surface area contributed by atoms with Gasteiger partial charge in [-0.3, -0.25) is 9.78 Å². The minimum atomic E-state index is -3.67. The number of hydrogen-bond donors (Lipinski definition) is 4. The lowest BCUT2D eigenvalue weighted by Crippen LogP contribution is -2.47. The molecule has 0 unspecified atom stereocenters. The van der Waals surface area contributed by atoms with Crippen LogP contribution in [0.3, 0.4) is 0 Å². The smallest absolute Gasteiger partial charge is 0.303 e. The summed E-state index contributed by atoms with van der Waals surface area (Å²) in [5.74, 6) is -3.86. The molecule has 3 atom stereocenters. The Morgan fingerprint density at radius 1 is 1.58 bits per heavy atom. The van der Waals surface area contributed by atoms with E-state index in [1.54, 1.807) is 0 Å². The maximum absolute atomic E-state index is 14.3. The highest BCUT2D eigenvalue weighted by molar-refractivity contribution is 5.70. The van der Waals surface area contributed by atoms with Crippen LogP contribution in [0.5, 0.6) is 0 Å². The molecule has 1 aliphatic heterocycles. The van der Waals surface area contributed by atoms with E-state index < -0.39 is 42.4 Å². The maximum atomic E-state index is 14.3. The van der Waals surface area contributed by atoms with Crippen molar-refractivity contribution in [3.05, 3.63) is 29.3 Å². The van der Waals surface area contributed by atoms with Gasteiger partial charge in [-0.1, -0.05) is 6.08 Å². The lowest BCUT2D eigenvalue weighted by Gasteiger charge is -2.25. The molecule has 24 heavy (non-hydrogen) atoms. The predicted molar refractivity (Wildman–Crippen MR) is 78.4 cm³/mol. The number of hydrogen-bond acceptors (Lipinski definition) is 7. The van der Waals surface area contributed by atoms with E-state index in [2.05, 4.69) is 21.5 Å². The second kappa shape index (κ2) is 5.33. The van der Waals surface area contributed by atoms with Gasteiger partial charge >= 0.3 is 5.92 Å². The fraction of sp³-hybridized carbons (Fsp3) is 0.462. The standard InChI is InChI=1S/C13H15F2N5O4/c1-2-12(4-21)10(23)13(14,15)6(24-12)3-20-5-17-7-8(20)18-11(16)19-9(7)22/h2,5-6,10,21,23H,1,3-4H2,(H3,16,18,19,22)/t6-,10+,12+/m0/s1. The summed E-state index contributed by atoms with van der Waals surface area (Å²) in [4.78, 5) is 21.6. The average Bonchev–Trinajstić information content (AvgIpc) is 3.01. The summed E-state index contributed by atoms with van der Waals surface area (Å²) in [5, 5.41) is 19.2.